The molecule has 6 nitrogen and oxygen atoms in total. The van der Waals surface area contributed by atoms with Crippen molar-refractivity contribution >= 4 is 55.7 Å². The number of halogens is 5. The summed E-state index contributed by atoms with van der Waals surface area (Å²) in [6.45, 7) is 0. The van der Waals surface area contributed by atoms with Gasteiger partial charge in [0.15, 0.2) is 0 Å². The van der Waals surface area contributed by atoms with Gasteiger partial charge in [-0.1, -0.05) is 23.2 Å². The summed E-state index contributed by atoms with van der Waals surface area (Å²) in [5, 5.41) is 8.10. The van der Waals surface area contributed by atoms with Crippen LogP contribution < -0.4 is 4.72 Å². The molecule has 13 heteroatoms. The van der Waals surface area contributed by atoms with Crippen LogP contribution in [-0.4, -0.2) is 29.5 Å². The second kappa shape index (κ2) is 8.27. The molecule has 2 aromatic carbocycles. The normalized spacial score (nSPS) is 13.2. The molecule has 0 aliphatic heterocycles. The summed E-state index contributed by atoms with van der Waals surface area (Å²) < 4.78 is 78.1. The summed E-state index contributed by atoms with van der Waals surface area (Å²) in [6, 6.07) is 5.47. The van der Waals surface area contributed by atoms with Gasteiger partial charge in [-0.05, 0) is 36.4 Å². The highest BCUT2D eigenvalue weighted by molar-refractivity contribution is 7.93. The highest BCUT2D eigenvalue weighted by Gasteiger charge is 2.34. The second-order valence-electron chi connectivity index (χ2n) is 5.27. The van der Waals surface area contributed by atoms with Gasteiger partial charge in [0.1, 0.15) is 5.75 Å². The third kappa shape index (κ3) is 5.37. The van der Waals surface area contributed by atoms with Gasteiger partial charge in [-0.3, -0.25) is 13.7 Å². The number of benzene rings is 2. The fraction of sp³-hybridized carbons (Fsp3) is 0.133. The maximum Gasteiger partial charge on any atom is 0.417 e. The minimum absolute atomic E-state index is 0.0286. The van der Waals surface area contributed by atoms with Crippen LogP contribution in [0.5, 0.6) is 0 Å². The minimum atomic E-state index is -4.88. The number of anilines is 1. The van der Waals surface area contributed by atoms with Gasteiger partial charge in [0, 0.05) is 5.02 Å². The van der Waals surface area contributed by atoms with Gasteiger partial charge in [0.25, 0.3) is 10.0 Å². The number of aliphatic carboxylic acids is 1. The summed E-state index contributed by atoms with van der Waals surface area (Å²) in [5.74, 6) is -2.20. The van der Waals surface area contributed by atoms with E-state index < -0.39 is 54.2 Å². The Kier molecular flexibility index (Phi) is 6.64. The molecular formula is C15H10Cl2F3NO5S2. The van der Waals surface area contributed by atoms with Crippen molar-refractivity contribution in [1.82, 2.24) is 0 Å². The van der Waals surface area contributed by atoms with Crippen LogP contribution in [0.4, 0.5) is 18.9 Å². The summed E-state index contributed by atoms with van der Waals surface area (Å²) in [7, 11) is -6.70. The largest absolute Gasteiger partial charge is 0.481 e. The Bertz CT molecular complexity index is 1060. The smallest absolute Gasteiger partial charge is 0.417 e. The molecule has 28 heavy (non-hydrogen) atoms. The number of hydrogen-bond donors (Lipinski definition) is 2. The number of carbonyl (C=O) groups is 1. The van der Waals surface area contributed by atoms with Crippen molar-refractivity contribution < 1.29 is 35.7 Å². The second-order valence-corrected chi connectivity index (χ2v) is 9.21. The third-order valence-corrected chi connectivity index (χ3v) is 6.52. The van der Waals surface area contributed by atoms with Crippen LogP contribution in [0, 0.1) is 0 Å². The first kappa shape index (κ1) is 22.5. The van der Waals surface area contributed by atoms with Gasteiger partial charge in [-0.2, -0.15) is 13.2 Å². The maximum atomic E-state index is 13.0. The lowest BCUT2D eigenvalue weighted by Crippen LogP contribution is -2.17. The Morgan fingerprint density at radius 2 is 1.79 bits per heavy atom. The topological polar surface area (TPSA) is 101 Å². The molecule has 1 atom stereocenters. The number of rotatable bonds is 6. The molecule has 0 saturated heterocycles. The number of alkyl halides is 3. The number of nitrogens with one attached hydrogen (secondary N) is 1. The highest BCUT2D eigenvalue weighted by Crippen LogP contribution is 2.36. The zero-order valence-electron chi connectivity index (χ0n) is 13.5. The molecule has 0 radical (unpaired) electrons. The third-order valence-electron chi connectivity index (χ3n) is 3.24. The molecule has 0 aliphatic rings. The molecule has 0 aliphatic carbocycles. The predicted octanol–water partition coefficient (Wildman–Crippen LogP) is 4.01. The molecule has 152 valence electrons. The lowest BCUT2D eigenvalue weighted by Gasteiger charge is -2.14. The van der Waals surface area contributed by atoms with Crippen molar-refractivity contribution in [1.29, 1.82) is 0 Å². The van der Waals surface area contributed by atoms with Crippen LogP contribution in [0.15, 0.2) is 46.2 Å². The van der Waals surface area contributed by atoms with Crippen molar-refractivity contribution in [2.24, 2.45) is 0 Å². The Labute approximate surface area is 169 Å². The molecule has 0 amide bonds. The first-order chi connectivity index (χ1) is 12.8. The van der Waals surface area contributed by atoms with Crippen molar-refractivity contribution in [3.8, 4) is 0 Å². The van der Waals surface area contributed by atoms with Gasteiger partial charge in [-0.15, -0.1) is 0 Å². The molecule has 2 rings (SSSR count). The predicted molar refractivity (Wildman–Crippen MR) is 97.6 cm³/mol. The molecular weight excluding hydrogens is 466 g/mol. The van der Waals surface area contributed by atoms with Gasteiger partial charge < -0.3 is 5.11 Å². The molecule has 1 unspecified atom stereocenters. The fourth-order valence-corrected chi connectivity index (χ4v) is 4.58. The number of sulfonamides is 1. The van der Waals surface area contributed by atoms with Crippen molar-refractivity contribution in [2.45, 2.75) is 16.0 Å². The molecule has 2 aromatic rings. The quantitative estimate of drug-likeness (QED) is 0.657. The van der Waals surface area contributed by atoms with Crippen molar-refractivity contribution in [3.63, 3.8) is 0 Å². The van der Waals surface area contributed by atoms with E-state index in [0.29, 0.717) is 6.07 Å². The molecule has 0 spiro atoms. The summed E-state index contributed by atoms with van der Waals surface area (Å²) in [4.78, 5) is 9.81. The Balaban J connectivity index is 2.49. The average Bonchev–Trinajstić information content (AvgIpc) is 2.52. The van der Waals surface area contributed by atoms with E-state index in [0.717, 1.165) is 24.3 Å². The average molecular weight is 476 g/mol. The standard InChI is InChI=1S/C15H10Cl2F3NO5S2/c16-8-1-4-13(27(24)7-14(22)23)12(5-8)21-28(25,26)9-2-3-11(17)10(6-9)15(18,19)20/h1-6,21H,7H2,(H,22,23). The maximum absolute atomic E-state index is 13.0. The molecule has 0 bridgehead atoms. The highest BCUT2D eigenvalue weighted by atomic mass is 35.5. The lowest BCUT2D eigenvalue weighted by molar-refractivity contribution is -0.137. The van der Waals surface area contributed by atoms with Crippen LogP contribution in [0.2, 0.25) is 10.0 Å². The monoisotopic (exact) mass is 475 g/mol. The van der Waals surface area contributed by atoms with Gasteiger partial charge >= 0.3 is 12.1 Å². The fourth-order valence-electron chi connectivity index (χ4n) is 2.06. The van der Waals surface area contributed by atoms with Crippen molar-refractivity contribution in [3.05, 3.63) is 52.0 Å². The first-order valence-corrected chi connectivity index (χ1v) is 10.7. The Hall–Kier alpha value is -1.82. The summed E-state index contributed by atoms with van der Waals surface area (Å²) >= 11 is 11.3. The lowest BCUT2D eigenvalue weighted by atomic mass is 10.2. The Morgan fingerprint density at radius 1 is 1.14 bits per heavy atom. The van der Waals surface area contributed by atoms with Gasteiger partial charge in [0.05, 0.1) is 36.9 Å². The van der Waals surface area contributed by atoms with E-state index in [1.54, 1.807) is 0 Å². The molecule has 0 heterocycles. The first-order valence-electron chi connectivity index (χ1n) is 7.10. The van der Waals surface area contributed by atoms with Crippen LogP contribution in [-0.2, 0) is 31.8 Å². The van der Waals surface area contributed by atoms with E-state index in [1.165, 1.54) is 6.07 Å². The van der Waals surface area contributed by atoms with E-state index in [-0.39, 0.29) is 15.6 Å². The van der Waals surface area contributed by atoms with E-state index in [1.807, 2.05) is 4.72 Å². The van der Waals surface area contributed by atoms with Crippen LogP contribution in [0.25, 0.3) is 0 Å². The molecule has 2 N–H and O–H groups in total. The van der Waals surface area contributed by atoms with Crippen molar-refractivity contribution in [2.75, 3.05) is 10.5 Å². The van der Waals surface area contributed by atoms with E-state index in [9.17, 15) is 30.6 Å². The molecule has 0 saturated carbocycles. The molecule has 0 fully saturated rings. The van der Waals surface area contributed by atoms with E-state index in [4.69, 9.17) is 28.3 Å². The van der Waals surface area contributed by atoms with Gasteiger partial charge in [0.2, 0.25) is 0 Å². The number of hydrogen-bond acceptors (Lipinski definition) is 4. The zero-order valence-corrected chi connectivity index (χ0v) is 16.6. The van der Waals surface area contributed by atoms with Crippen LogP contribution in [0.3, 0.4) is 0 Å². The summed E-state index contributed by atoms with van der Waals surface area (Å²) in [6.07, 6.45) is -4.88. The van der Waals surface area contributed by atoms with E-state index >= 15 is 0 Å². The number of carboxylic acids is 1. The zero-order chi connectivity index (χ0) is 21.3. The Morgan fingerprint density at radius 3 is 2.36 bits per heavy atom. The van der Waals surface area contributed by atoms with Crippen LogP contribution >= 0.6 is 23.2 Å². The minimum Gasteiger partial charge on any atom is -0.481 e. The number of carboxylic acid groups (broad SMARTS) is 1. The SMILES string of the molecule is O=C(O)CS(=O)c1ccc(Cl)cc1NS(=O)(=O)c1ccc(Cl)c(C(F)(F)F)c1. The van der Waals surface area contributed by atoms with E-state index in [2.05, 4.69) is 0 Å². The summed E-state index contributed by atoms with van der Waals surface area (Å²) in [5.41, 5.74) is -1.67. The van der Waals surface area contributed by atoms with Gasteiger partial charge in [-0.25, -0.2) is 8.42 Å². The molecule has 0 aromatic heterocycles. The van der Waals surface area contributed by atoms with Crippen LogP contribution in [0.1, 0.15) is 5.56 Å².